The van der Waals surface area contributed by atoms with Gasteiger partial charge in [-0.25, -0.2) is 4.79 Å². The van der Waals surface area contributed by atoms with Gasteiger partial charge in [0.15, 0.2) is 5.17 Å². The first-order valence-electron chi connectivity index (χ1n) is 14.0. The number of fused-ring (bicyclic) bond motifs is 3. The first kappa shape index (κ1) is 31.0. The lowest BCUT2D eigenvalue weighted by Gasteiger charge is -2.35. The summed E-state index contributed by atoms with van der Waals surface area (Å²) in [4.78, 5) is 34.0. The number of nitrogens with one attached hydrogen (secondary N) is 1. The molecule has 4 heterocycles. The van der Waals surface area contributed by atoms with Crippen molar-refractivity contribution in [2.75, 3.05) is 13.1 Å². The molecule has 3 aromatic rings. The number of nitrogens with zero attached hydrogens (tertiary/aromatic N) is 4. The molecule has 8 nitrogen and oxygen atoms in total. The molecular weight excluding hydrogens is 624 g/mol. The van der Waals surface area contributed by atoms with Gasteiger partial charge in [-0.15, -0.1) is 0 Å². The average Bonchev–Trinajstić information content (AvgIpc) is 3.73. The highest BCUT2D eigenvalue weighted by atomic mass is 32.2. The van der Waals surface area contributed by atoms with Crippen LogP contribution >= 0.6 is 11.8 Å². The van der Waals surface area contributed by atoms with Crippen LogP contribution in [0, 0.1) is 0 Å². The summed E-state index contributed by atoms with van der Waals surface area (Å²) in [5.74, 6) is -0.662. The summed E-state index contributed by atoms with van der Waals surface area (Å²) in [7, 11) is 0. The van der Waals surface area contributed by atoms with Gasteiger partial charge in [-0.3, -0.25) is 9.89 Å². The van der Waals surface area contributed by atoms with Crippen molar-refractivity contribution in [1.29, 1.82) is 0 Å². The van der Waals surface area contributed by atoms with Crippen LogP contribution in [-0.4, -0.2) is 67.9 Å². The molecule has 238 valence electrons. The van der Waals surface area contributed by atoms with Gasteiger partial charge < -0.3 is 14.5 Å². The van der Waals surface area contributed by atoms with Crippen molar-refractivity contribution in [3.05, 3.63) is 69.8 Å². The van der Waals surface area contributed by atoms with Gasteiger partial charge in [0.05, 0.1) is 39.8 Å². The molecule has 3 aliphatic rings. The van der Waals surface area contributed by atoms with E-state index in [2.05, 4.69) is 15.2 Å². The Balaban J connectivity index is 1.34. The number of hydrogen-bond donors (Lipinski definition) is 1. The normalized spacial score (nSPS) is 21.6. The molecule has 2 atom stereocenters. The highest BCUT2D eigenvalue weighted by Crippen LogP contribution is 2.43. The van der Waals surface area contributed by atoms with Crippen molar-refractivity contribution in [1.82, 2.24) is 20.0 Å². The quantitative estimate of drug-likeness (QED) is 0.246. The summed E-state index contributed by atoms with van der Waals surface area (Å²) in [5, 5.41) is 7.74. The second-order valence-electron chi connectivity index (χ2n) is 12.2. The summed E-state index contributed by atoms with van der Waals surface area (Å²) in [6.07, 6.45) is -8.81. The van der Waals surface area contributed by atoms with Gasteiger partial charge in [0.1, 0.15) is 5.60 Å². The molecule has 2 amide bonds. The Bertz CT molecular complexity index is 1760. The Morgan fingerprint density at radius 1 is 1.02 bits per heavy atom. The van der Waals surface area contributed by atoms with E-state index in [1.807, 2.05) is 4.90 Å². The van der Waals surface area contributed by atoms with Crippen LogP contribution in [0.4, 0.5) is 31.1 Å². The van der Waals surface area contributed by atoms with E-state index in [-0.39, 0.29) is 28.6 Å². The van der Waals surface area contributed by atoms with Crippen molar-refractivity contribution in [2.45, 2.75) is 63.7 Å². The lowest BCUT2D eigenvalue weighted by atomic mass is 9.92. The number of carbonyl (C=O) groups excluding carboxylic acids is 2. The topological polar surface area (TPSA) is 90.9 Å². The van der Waals surface area contributed by atoms with E-state index in [0.717, 1.165) is 17.8 Å². The summed E-state index contributed by atoms with van der Waals surface area (Å²) >= 11 is 1.01. The van der Waals surface area contributed by atoms with Crippen LogP contribution < -0.4 is 0 Å². The number of H-pyrrole nitrogens is 1. The second kappa shape index (κ2) is 10.8. The predicted octanol–water partition coefficient (Wildman–Crippen LogP) is 6.88. The van der Waals surface area contributed by atoms with E-state index in [4.69, 9.17) is 4.74 Å². The zero-order chi connectivity index (χ0) is 32.5. The third-order valence-electron chi connectivity index (χ3n) is 7.87. The number of aromatic nitrogens is 2. The van der Waals surface area contributed by atoms with E-state index in [1.54, 1.807) is 43.9 Å². The number of benzene rings is 2. The highest BCUT2D eigenvalue weighted by Gasteiger charge is 2.49. The van der Waals surface area contributed by atoms with Gasteiger partial charge >= 0.3 is 18.4 Å². The van der Waals surface area contributed by atoms with Crippen LogP contribution in [0.15, 0.2) is 52.5 Å². The van der Waals surface area contributed by atoms with E-state index >= 15 is 0 Å². The Morgan fingerprint density at radius 3 is 2.42 bits per heavy atom. The van der Waals surface area contributed by atoms with Crippen LogP contribution in [0.5, 0.6) is 0 Å². The number of carbonyl (C=O) groups is 2. The number of likely N-dealkylation sites (tertiary alicyclic amines) is 2. The molecule has 0 aliphatic carbocycles. The molecule has 2 unspecified atom stereocenters. The van der Waals surface area contributed by atoms with Crippen molar-refractivity contribution in [3.8, 4) is 0 Å². The maximum atomic E-state index is 14.1. The smallest absolute Gasteiger partial charge is 0.416 e. The number of allylic oxidation sites excluding steroid dienone is 1. The number of halogens is 6. The number of amidine groups is 1. The van der Waals surface area contributed by atoms with Crippen molar-refractivity contribution < 1.29 is 40.7 Å². The Labute approximate surface area is 257 Å². The highest BCUT2D eigenvalue weighted by molar-refractivity contribution is 8.18. The first-order chi connectivity index (χ1) is 21.0. The number of alkyl halides is 6. The molecule has 0 saturated carbocycles. The Kier molecular flexibility index (Phi) is 7.45. The van der Waals surface area contributed by atoms with Crippen LogP contribution in [0.3, 0.4) is 0 Å². The fourth-order valence-electron chi connectivity index (χ4n) is 5.86. The summed E-state index contributed by atoms with van der Waals surface area (Å²) in [6.45, 7) is 6.08. The number of ether oxygens (including phenoxy) is 1. The molecule has 15 heteroatoms. The monoisotopic (exact) mass is 651 g/mol. The van der Waals surface area contributed by atoms with E-state index in [0.29, 0.717) is 47.2 Å². The lowest BCUT2D eigenvalue weighted by molar-refractivity contribution is -0.143. The largest absolute Gasteiger partial charge is 0.444 e. The first-order valence-corrected chi connectivity index (χ1v) is 14.8. The predicted molar refractivity (Wildman–Crippen MR) is 155 cm³/mol. The average molecular weight is 652 g/mol. The van der Waals surface area contributed by atoms with Crippen molar-refractivity contribution in [3.63, 3.8) is 0 Å². The molecular formula is C30H27F6N5O3S. The Hall–Kier alpha value is -4.01. The number of hydrogen-bond acceptors (Lipinski definition) is 6. The summed E-state index contributed by atoms with van der Waals surface area (Å²) in [5.41, 5.74) is -2.69. The molecule has 45 heavy (non-hydrogen) atoms. The van der Waals surface area contributed by atoms with Crippen molar-refractivity contribution in [2.24, 2.45) is 4.99 Å². The summed E-state index contributed by atoms with van der Waals surface area (Å²) < 4.78 is 87.8. The van der Waals surface area contributed by atoms with Crippen molar-refractivity contribution >= 4 is 45.4 Å². The second-order valence-corrected chi connectivity index (χ2v) is 13.1. The van der Waals surface area contributed by atoms with Crippen LogP contribution in [-0.2, 0) is 28.3 Å². The minimum absolute atomic E-state index is 0.0765. The lowest BCUT2D eigenvalue weighted by Crippen LogP contribution is -2.51. The molecule has 2 bridgehead atoms. The molecule has 1 N–H and O–H groups in total. The molecule has 2 saturated heterocycles. The number of piperazine rings is 1. The molecule has 1 aromatic heterocycles. The maximum absolute atomic E-state index is 14.1. The standard InChI is InChI=1S/C30H27F6N5O3S/c1-28(2,3)44-27(43)41-14-19-11-20(41)13-40(19)26-38-25(42)24(45-26)21(15-5-7-23-17(8-15)12-37-39-23)9-16-4-6-18(29(31,32)33)10-22(16)30(34,35)36/h4-8,10,12,19-20H,9,11,13-14H2,1-3H3,(H,37,39). The number of aromatic amines is 1. The minimum Gasteiger partial charge on any atom is -0.444 e. The van der Waals surface area contributed by atoms with E-state index in [9.17, 15) is 35.9 Å². The van der Waals surface area contributed by atoms with E-state index < -0.39 is 53.1 Å². The maximum Gasteiger partial charge on any atom is 0.416 e. The molecule has 2 aromatic carbocycles. The number of rotatable bonds is 3. The van der Waals surface area contributed by atoms with E-state index in [1.165, 1.54) is 6.20 Å². The molecule has 0 spiro atoms. The number of amides is 2. The van der Waals surface area contributed by atoms with Gasteiger partial charge in [-0.05, 0) is 86.3 Å². The third kappa shape index (κ3) is 6.14. The fraction of sp³-hybridized carbons (Fsp3) is 0.400. The molecule has 2 fully saturated rings. The zero-order valence-electron chi connectivity index (χ0n) is 24.2. The minimum atomic E-state index is -5.08. The van der Waals surface area contributed by atoms with Gasteiger partial charge in [0, 0.05) is 18.5 Å². The SMILES string of the molecule is CC(C)(C)OC(=O)N1CC2CC1CN2C1=NC(=O)C(=C(Cc2ccc(C(F)(F)F)cc2C(F)(F)F)c2ccc3[nH]ncc3c2)S1. The van der Waals surface area contributed by atoms with Crippen LogP contribution in [0.25, 0.3) is 16.5 Å². The molecule has 6 rings (SSSR count). The number of thioether (sulfide) groups is 1. The number of aliphatic imine (C=N–C) groups is 1. The summed E-state index contributed by atoms with van der Waals surface area (Å²) in [6, 6.07) is 6.13. The Morgan fingerprint density at radius 2 is 1.78 bits per heavy atom. The zero-order valence-corrected chi connectivity index (χ0v) is 25.0. The third-order valence-corrected chi connectivity index (χ3v) is 9.01. The fourth-order valence-corrected chi connectivity index (χ4v) is 6.96. The van der Waals surface area contributed by atoms with Gasteiger partial charge in [0.25, 0.3) is 5.91 Å². The van der Waals surface area contributed by atoms with Gasteiger partial charge in [-0.1, -0.05) is 12.1 Å². The van der Waals surface area contributed by atoms with Crippen LogP contribution in [0.1, 0.15) is 49.4 Å². The van der Waals surface area contributed by atoms with Crippen LogP contribution in [0.2, 0.25) is 0 Å². The molecule has 0 radical (unpaired) electrons. The van der Waals surface area contributed by atoms with Gasteiger partial charge in [-0.2, -0.15) is 36.4 Å². The van der Waals surface area contributed by atoms with Gasteiger partial charge in [0.2, 0.25) is 0 Å². The molecule has 3 aliphatic heterocycles.